The first-order valence-electron chi connectivity index (χ1n) is 3.55. The number of hydrogen-bond donors (Lipinski definition) is 2. The Morgan fingerprint density at radius 2 is 2.25 bits per heavy atom. The van der Waals surface area contributed by atoms with Crippen LogP contribution in [-0.2, 0) is 0 Å². The van der Waals surface area contributed by atoms with Gasteiger partial charge in [-0.1, -0.05) is 6.07 Å². The fraction of sp³-hybridized carbons (Fsp3) is 0. The van der Waals surface area contributed by atoms with Gasteiger partial charge in [0.15, 0.2) is 4.77 Å². The van der Waals surface area contributed by atoms with Gasteiger partial charge in [-0.3, -0.25) is 4.98 Å². The number of H-pyrrole nitrogens is 2. The van der Waals surface area contributed by atoms with Crippen LogP contribution in [0.4, 0.5) is 0 Å². The maximum atomic E-state index is 4.89. The van der Waals surface area contributed by atoms with Crippen molar-refractivity contribution in [2.24, 2.45) is 0 Å². The summed E-state index contributed by atoms with van der Waals surface area (Å²) in [5.74, 6) is 0. The zero-order valence-electron chi connectivity index (χ0n) is 6.24. The molecule has 2 aromatic heterocycles. The number of imidazole rings is 1. The number of rotatable bonds is 1. The molecular weight excluding hydrogens is 170 g/mol. The quantitative estimate of drug-likeness (QED) is 0.655. The highest BCUT2D eigenvalue weighted by molar-refractivity contribution is 7.71. The van der Waals surface area contributed by atoms with Gasteiger partial charge in [0.2, 0.25) is 0 Å². The highest BCUT2D eigenvalue weighted by atomic mass is 32.1. The van der Waals surface area contributed by atoms with E-state index in [0.717, 1.165) is 11.4 Å². The normalized spacial score (nSPS) is 10.0. The van der Waals surface area contributed by atoms with Crippen molar-refractivity contribution in [1.82, 2.24) is 15.0 Å². The lowest BCUT2D eigenvalue weighted by Gasteiger charge is -1.92. The Balaban J connectivity index is 2.51. The van der Waals surface area contributed by atoms with Crippen LogP contribution in [0.15, 0.2) is 30.6 Å². The largest absolute Gasteiger partial charge is 0.337 e. The average Bonchev–Trinajstić information content (AvgIpc) is 2.54. The van der Waals surface area contributed by atoms with Crippen LogP contribution in [0.1, 0.15) is 0 Å². The summed E-state index contributed by atoms with van der Waals surface area (Å²) in [6, 6.07) is 5.74. The smallest absolute Gasteiger partial charge is 0.174 e. The van der Waals surface area contributed by atoms with E-state index in [1.807, 2.05) is 24.4 Å². The monoisotopic (exact) mass is 177 g/mol. The molecule has 0 spiro atoms. The Kier molecular flexibility index (Phi) is 1.75. The molecule has 0 aliphatic heterocycles. The maximum Gasteiger partial charge on any atom is 0.174 e. The summed E-state index contributed by atoms with van der Waals surface area (Å²) >= 11 is 4.89. The molecule has 0 aliphatic carbocycles. The van der Waals surface area contributed by atoms with E-state index >= 15 is 0 Å². The molecule has 0 radical (unpaired) electrons. The molecule has 0 bridgehead atoms. The van der Waals surface area contributed by atoms with E-state index in [1.165, 1.54) is 0 Å². The number of pyridine rings is 1. The summed E-state index contributed by atoms with van der Waals surface area (Å²) in [5, 5.41) is 0. The number of aromatic amines is 2. The van der Waals surface area contributed by atoms with Gasteiger partial charge >= 0.3 is 0 Å². The van der Waals surface area contributed by atoms with Gasteiger partial charge in [0, 0.05) is 12.4 Å². The molecule has 4 heteroatoms. The standard InChI is InChI=1S/C8H7N3S/c12-8-10-5-7(11-8)6-3-1-2-4-9-6/h1-5H,(H2,10,11,12). The zero-order chi connectivity index (χ0) is 8.39. The van der Waals surface area contributed by atoms with E-state index in [9.17, 15) is 0 Å². The van der Waals surface area contributed by atoms with Crippen molar-refractivity contribution in [2.45, 2.75) is 0 Å². The van der Waals surface area contributed by atoms with Crippen molar-refractivity contribution in [3.05, 3.63) is 35.4 Å². The van der Waals surface area contributed by atoms with Crippen LogP contribution in [0.25, 0.3) is 11.4 Å². The Morgan fingerprint density at radius 3 is 2.83 bits per heavy atom. The van der Waals surface area contributed by atoms with Gasteiger partial charge in [-0.05, 0) is 24.4 Å². The molecule has 2 heterocycles. The molecule has 0 fully saturated rings. The van der Waals surface area contributed by atoms with Gasteiger partial charge in [-0.25, -0.2) is 0 Å². The number of aromatic nitrogens is 3. The summed E-state index contributed by atoms with van der Waals surface area (Å²) in [7, 11) is 0. The first kappa shape index (κ1) is 7.24. The summed E-state index contributed by atoms with van der Waals surface area (Å²) < 4.78 is 0.621. The highest BCUT2D eigenvalue weighted by Gasteiger charge is 1.97. The summed E-state index contributed by atoms with van der Waals surface area (Å²) in [6.45, 7) is 0. The van der Waals surface area contributed by atoms with Crippen LogP contribution in [0.5, 0.6) is 0 Å². The van der Waals surface area contributed by atoms with Gasteiger partial charge in [0.25, 0.3) is 0 Å². The van der Waals surface area contributed by atoms with Crippen molar-refractivity contribution in [2.75, 3.05) is 0 Å². The van der Waals surface area contributed by atoms with Crippen molar-refractivity contribution in [3.63, 3.8) is 0 Å². The molecule has 0 aliphatic rings. The minimum absolute atomic E-state index is 0.621. The van der Waals surface area contributed by atoms with Crippen molar-refractivity contribution in [3.8, 4) is 11.4 Å². The molecule has 2 N–H and O–H groups in total. The van der Waals surface area contributed by atoms with Gasteiger partial charge in [-0.2, -0.15) is 0 Å². The number of nitrogens with zero attached hydrogens (tertiary/aromatic N) is 1. The van der Waals surface area contributed by atoms with Crippen molar-refractivity contribution < 1.29 is 0 Å². The van der Waals surface area contributed by atoms with Crippen LogP contribution in [0.3, 0.4) is 0 Å². The molecule has 2 rings (SSSR count). The Morgan fingerprint density at radius 1 is 1.33 bits per heavy atom. The Labute approximate surface area is 74.5 Å². The predicted molar refractivity (Wildman–Crippen MR) is 49.2 cm³/mol. The van der Waals surface area contributed by atoms with Crippen LogP contribution in [0.2, 0.25) is 0 Å². The van der Waals surface area contributed by atoms with Gasteiger partial charge < -0.3 is 9.97 Å². The predicted octanol–water partition coefficient (Wildman–Crippen LogP) is 2.13. The molecular formula is C8H7N3S. The van der Waals surface area contributed by atoms with Crippen molar-refractivity contribution >= 4 is 12.2 Å². The topological polar surface area (TPSA) is 44.5 Å². The third kappa shape index (κ3) is 1.29. The lowest BCUT2D eigenvalue weighted by atomic mass is 10.3. The summed E-state index contributed by atoms with van der Waals surface area (Å²) in [5.41, 5.74) is 1.81. The van der Waals surface area contributed by atoms with Crippen LogP contribution in [-0.4, -0.2) is 15.0 Å². The van der Waals surface area contributed by atoms with Crippen molar-refractivity contribution in [1.29, 1.82) is 0 Å². The van der Waals surface area contributed by atoms with Crippen LogP contribution < -0.4 is 0 Å². The van der Waals surface area contributed by atoms with Gasteiger partial charge in [0.1, 0.15) is 0 Å². The maximum absolute atomic E-state index is 4.89. The van der Waals surface area contributed by atoms with E-state index in [-0.39, 0.29) is 0 Å². The van der Waals surface area contributed by atoms with Crippen LogP contribution >= 0.6 is 12.2 Å². The van der Waals surface area contributed by atoms with Gasteiger partial charge in [-0.15, -0.1) is 0 Å². The molecule has 0 amide bonds. The first-order valence-corrected chi connectivity index (χ1v) is 3.96. The lowest BCUT2D eigenvalue weighted by molar-refractivity contribution is 1.25. The minimum Gasteiger partial charge on any atom is -0.337 e. The second-order valence-electron chi connectivity index (χ2n) is 2.37. The zero-order valence-corrected chi connectivity index (χ0v) is 7.06. The second-order valence-corrected chi connectivity index (χ2v) is 2.78. The molecule has 0 saturated heterocycles. The summed E-state index contributed by atoms with van der Waals surface area (Å²) in [4.78, 5) is 10.0. The first-order chi connectivity index (χ1) is 5.86. The Hall–Kier alpha value is -1.42. The highest BCUT2D eigenvalue weighted by Crippen LogP contribution is 2.11. The molecule has 60 valence electrons. The molecule has 0 aromatic carbocycles. The number of nitrogens with one attached hydrogen (secondary N) is 2. The second kappa shape index (κ2) is 2.91. The van der Waals surface area contributed by atoms with E-state index in [0.29, 0.717) is 4.77 Å². The molecule has 12 heavy (non-hydrogen) atoms. The summed E-state index contributed by atoms with van der Waals surface area (Å²) in [6.07, 6.45) is 3.56. The number of hydrogen-bond acceptors (Lipinski definition) is 2. The minimum atomic E-state index is 0.621. The SMILES string of the molecule is S=c1[nH]cc(-c2ccccn2)[nH]1. The molecule has 3 nitrogen and oxygen atoms in total. The average molecular weight is 177 g/mol. The van der Waals surface area contributed by atoms with Gasteiger partial charge in [0.05, 0.1) is 11.4 Å². The third-order valence-corrected chi connectivity index (χ3v) is 1.76. The van der Waals surface area contributed by atoms with E-state index < -0.39 is 0 Å². The fourth-order valence-corrected chi connectivity index (χ4v) is 1.16. The van der Waals surface area contributed by atoms with Crippen LogP contribution in [0, 0.1) is 4.77 Å². The molecule has 0 atom stereocenters. The van der Waals surface area contributed by atoms with E-state index in [4.69, 9.17) is 12.2 Å². The van der Waals surface area contributed by atoms with E-state index in [2.05, 4.69) is 15.0 Å². The third-order valence-electron chi connectivity index (χ3n) is 1.54. The fourth-order valence-electron chi connectivity index (χ4n) is 0.992. The lowest BCUT2D eigenvalue weighted by Crippen LogP contribution is -1.80. The Bertz CT molecular complexity index is 415. The molecule has 0 unspecified atom stereocenters. The van der Waals surface area contributed by atoms with E-state index in [1.54, 1.807) is 6.20 Å². The molecule has 0 saturated carbocycles. The molecule has 2 aromatic rings.